The molecule has 0 N–H and O–H groups in total. The van der Waals surface area contributed by atoms with E-state index in [-0.39, 0.29) is 34.0 Å². The van der Waals surface area contributed by atoms with Crippen molar-refractivity contribution in [2.24, 2.45) is 0 Å². The quantitative estimate of drug-likeness (QED) is 0.405. The normalized spacial score (nSPS) is 11.6. The highest BCUT2D eigenvalue weighted by Crippen LogP contribution is 2.08. The van der Waals surface area contributed by atoms with E-state index in [1.807, 2.05) is 0 Å². The third kappa shape index (κ3) is 8.97. The van der Waals surface area contributed by atoms with Gasteiger partial charge < -0.3 is 42.9 Å². The van der Waals surface area contributed by atoms with Gasteiger partial charge in [-0.3, -0.25) is 0 Å². The van der Waals surface area contributed by atoms with Crippen LogP contribution in [0.2, 0.25) is 0 Å². The minimum atomic E-state index is 0. The van der Waals surface area contributed by atoms with Crippen molar-refractivity contribution >= 4 is 0 Å². The maximum Gasteiger partial charge on any atom is 0.0840 e. The summed E-state index contributed by atoms with van der Waals surface area (Å²) in [7, 11) is 6.83. The molecule has 0 aliphatic rings. The molecule has 0 radical (unpaired) electrons. The summed E-state index contributed by atoms with van der Waals surface area (Å²) in [4.78, 5) is 0. The lowest BCUT2D eigenvalue weighted by Gasteiger charge is -2.36. The highest BCUT2D eigenvalue weighted by molar-refractivity contribution is 4.40. The first-order chi connectivity index (χ1) is 6.39. The fourth-order valence-electron chi connectivity index (χ4n) is 2.03. The maximum absolute atomic E-state index is 2.32. The summed E-state index contributed by atoms with van der Waals surface area (Å²) in [5.74, 6) is 0. The summed E-state index contributed by atoms with van der Waals surface area (Å²) < 4.78 is 2.39. The van der Waals surface area contributed by atoms with Gasteiger partial charge in [-0.25, -0.2) is 0 Å². The molecule has 0 aliphatic heterocycles. The van der Waals surface area contributed by atoms with Crippen LogP contribution in [-0.4, -0.2) is 62.8 Å². The van der Waals surface area contributed by atoms with Crippen molar-refractivity contribution in [1.29, 1.82) is 0 Å². The number of hydrogen-bond donors (Lipinski definition) is 0. The zero-order valence-corrected chi connectivity index (χ0v) is 15.1. The summed E-state index contributed by atoms with van der Waals surface area (Å²) >= 11 is 0. The highest BCUT2D eigenvalue weighted by atomic mass is 79.9. The van der Waals surface area contributed by atoms with Gasteiger partial charge >= 0.3 is 0 Å². The predicted octanol–water partition coefficient (Wildman–Crippen LogP) is -4.03. The van der Waals surface area contributed by atoms with Gasteiger partial charge in [-0.05, 0) is 20.8 Å². The van der Waals surface area contributed by atoms with Crippen LogP contribution in [0.5, 0.6) is 0 Å². The van der Waals surface area contributed by atoms with E-state index < -0.39 is 0 Å². The number of hydrogen-bond acceptors (Lipinski definition) is 0. The Morgan fingerprint density at radius 2 is 1.06 bits per heavy atom. The van der Waals surface area contributed by atoms with Crippen molar-refractivity contribution < 1.29 is 42.9 Å². The van der Waals surface area contributed by atoms with Crippen molar-refractivity contribution in [1.82, 2.24) is 0 Å². The van der Waals surface area contributed by atoms with Gasteiger partial charge in [0, 0.05) is 6.42 Å². The summed E-state index contributed by atoms with van der Waals surface area (Å²) in [6.07, 6.45) is 1.35. The van der Waals surface area contributed by atoms with Gasteiger partial charge in [0.15, 0.2) is 0 Å². The van der Waals surface area contributed by atoms with Crippen LogP contribution in [-0.2, 0) is 0 Å². The fraction of sp³-hybridized carbons (Fsp3) is 1.00. The van der Waals surface area contributed by atoms with E-state index in [4.69, 9.17) is 0 Å². The molecule has 102 valence electrons. The standard InChI is InChI=1S/C12H30N2.2BrH/c1-7-14(8-2,9-3)12-10-11-13(4,5)6;;/h7-12H2,1-6H3;2*1H/q+2;;/p-2. The molecule has 0 amide bonds. The van der Waals surface area contributed by atoms with Crippen LogP contribution in [0.3, 0.4) is 0 Å². The second-order valence-corrected chi connectivity index (χ2v) is 5.38. The first-order valence-corrected chi connectivity index (χ1v) is 6.04. The smallest absolute Gasteiger partial charge is 0.0840 e. The summed E-state index contributed by atoms with van der Waals surface area (Å²) in [5, 5.41) is 0. The monoisotopic (exact) mass is 360 g/mol. The largest absolute Gasteiger partial charge is 1.00 e. The Hall–Kier alpha value is 0.880. The molecule has 0 spiro atoms. The Labute approximate surface area is 124 Å². The number of nitrogens with zero attached hydrogens (tertiary/aromatic N) is 2. The Bertz CT molecular complexity index is 143. The molecule has 4 heteroatoms. The van der Waals surface area contributed by atoms with Crippen molar-refractivity contribution in [2.45, 2.75) is 27.2 Å². The van der Waals surface area contributed by atoms with Gasteiger partial charge in [0.2, 0.25) is 0 Å². The van der Waals surface area contributed by atoms with Crippen LogP contribution in [0.25, 0.3) is 0 Å². The van der Waals surface area contributed by atoms with E-state index in [0.717, 1.165) is 4.48 Å². The summed E-state index contributed by atoms with van der Waals surface area (Å²) in [6, 6.07) is 0. The average Bonchev–Trinajstić information content (AvgIpc) is 2.11. The predicted molar refractivity (Wildman–Crippen MR) is 64.3 cm³/mol. The van der Waals surface area contributed by atoms with E-state index in [2.05, 4.69) is 41.9 Å². The molecule has 16 heavy (non-hydrogen) atoms. The van der Waals surface area contributed by atoms with Gasteiger partial charge in [-0.2, -0.15) is 0 Å². The van der Waals surface area contributed by atoms with Crippen LogP contribution in [0.15, 0.2) is 0 Å². The van der Waals surface area contributed by atoms with Crippen LogP contribution < -0.4 is 34.0 Å². The molecule has 0 aromatic rings. The SMILES string of the molecule is CC[N+](CC)(CC)CCC[N+](C)(C)C.[Br-].[Br-]. The minimum Gasteiger partial charge on any atom is -1.00 e. The Morgan fingerprint density at radius 3 is 1.31 bits per heavy atom. The molecule has 0 atom stereocenters. The lowest BCUT2D eigenvalue weighted by atomic mass is 10.2. The van der Waals surface area contributed by atoms with Gasteiger partial charge in [0.05, 0.1) is 53.9 Å². The second kappa shape index (κ2) is 9.86. The van der Waals surface area contributed by atoms with Crippen LogP contribution >= 0.6 is 0 Å². The first-order valence-electron chi connectivity index (χ1n) is 6.04. The molecular weight excluding hydrogens is 332 g/mol. The molecule has 0 fully saturated rings. The number of quaternary nitrogens is 2. The highest BCUT2D eigenvalue weighted by Gasteiger charge is 2.21. The van der Waals surface area contributed by atoms with E-state index in [0.29, 0.717) is 0 Å². The third-order valence-electron chi connectivity index (χ3n) is 3.47. The molecule has 0 heterocycles. The van der Waals surface area contributed by atoms with E-state index in [1.165, 1.54) is 43.6 Å². The Morgan fingerprint density at radius 1 is 0.688 bits per heavy atom. The van der Waals surface area contributed by atoms with Crippen molar-refractivity contribution in [3.05, 3.63) is 0 Å². The molecule has 0 aromatic carbocycles. The Kier molecular flexibility index (Phi) is 13.6. The van der Waals surface area contributed by atoms with Gasteiger partial charge in [0.25, 0.3) is 0 Å². The number of halogens is 2. The van der Waals surface area contributed by atoms with E-state index >= 15 is 0 Å². The molecule has 0 saturated carbocycles. The van der Waals surface area contributed by atoms with Gasteiger partial charge in [-0.15, -0.1) is 0 Å². The minimum absolute atomic E-state index is 0. The molecule has 0 rings (SSSR count). The van der Waals surface area contributed by atoms with Crippen molar-refractivity contribution in [3.63, 3.8) is 0 Å². The number of rotatable bonds is 7. The Balaban J connectivity index is -0.000000845. The molecule has 0 aliphatic carbocycles. The fourth-order valence-corrected chi connectivity index (χ4v) is 2.03. The maximum atomic E-state index is 2.32. The van der Waals surface area contributed by atoms with Gasteiger partial charge in [0.1, 0.15) is 0 Å². The first kappa shape index (κ1) is 22.1. The molecule has 0 saturated heterocycles. The topological polar surface area (TPSA) is 0 Å². The lowest BCUT2D eigenvalue weighted by molar-refractivity contribution is -0.929. The van der Waals surface area contributed by atoms with Crippen LogP contribution in [0.4, 0.5) is 0 Å². The zero-order valence-electron chi connectivity index (χ0n) is 11.9. The molecule has 0 unspecified atom stereocenters. The van der Waals surface area contributed by atoms with E-state index in [1.54, 1.807) is 0 Å². The third-order valence-corrected chi connectivity index (χ3v) is 3.47. The summed E-state index contributed by atoms with van der Waals surface area (Å²) in [6.45, 7) is 13.4. The average molecular weight is 362 g/mol. The molecule has 0 aromatic heterocycles. The van der Waals surface area contributed by atoms with E-state index in [9.17, 15) is 0 Å². The van der Waals surface area contributed by atoms with Crippen LogP contribution in [0.1, 0.15) is 27.2 Å². The zero-order chi connectivity index (χ0) is 11.2. The summed E-state index contributed by atoms with van der Waals surface area (Å²) in [5.41, 5.74) is 0. The molecule has 2 nitrogen and oxygen atoms in total. The second-order valence-electron chi connectivity index (χ2n) is 5.38. The van der Waals surface area contributed by atoms with Crippen molar-refractivity contribution in [3.8, 4) is 0 Å². The lowest BCUT2D eigenvalue weighted by Crippen LogP contribution is -3.00. The van der Waals surface area contributed by atoms with Crippen LogP contribution in [0, 0.1) is 0 Å². The molecular formula is C12H30Br2N2. The van der Waals surface area contributed by atoms with Crippen molar-refractivity contribution in [2.75, 3.05) is 53.9 Å². The molecule has 0 bridgehead atoms. The van der Waals surface area contributed by atoms with Gasteiger partial charge in [-0.1, -0.05) is 0 Å².